The highest BCUT2D eigenvalue weighted by Gasteiger charge is 2.04. The average Bonchev–Trinajstić information content (AvgIpc) is 2.22. The third-order valence-electron chi connectivity index (χ3n) is 2.72. The first kappa shape index (κ1) is 13.5. The Kier molecular flexibility index (Phi) is 8.81. The summed E-state index contributed by atoms with van der Waals surface area (Å²) >= 11 is 0. The molecule has 0 fully saturated rings. The largest absolute Gasteiger partial charge is 0.501 e. The maximum Gasteiger partial charge on any atom is 0.0901 e. The molecule has 0 saturated carbocycles. The van der Waals surface area contributed by atoms with Crippen LogP contribution in [0.25, 0.3) is 0 Å². The van der Waals surface area contributed by atoms with Gasteiger partial charge < -0.3 is 4.74 Å². The molecular weight excluding hydrogens is 172 g/mol. The zero-order valence-corrected chi connectivity index (χ0v) is 10.3. The van der Waals surface area contributed by atoms with Gasteiger partial charge in [0.15, 0.2) is 0 Å². The molecule has 0 aromatic rings. The summed E-state index contributed by atoms with van der Waals surface area (Å²) in [4.78, 5) is 0. The summed E-state index contributed by atoms with van der Waals surface area (Å²) in [6.07, 6.45) is 8.18. The first-order chi connectivity index (χ1) is 6.74. The second kappa shape index (κ2) is 9.11. The number of allylic oxidation sites excluding steroid dienone is 1. The molecule has 14 heavy (non-hydrogen) atoms. The summed E-state index contributed by atoms with van der Waals surface area (Å²) in [5, 5.41) is 0. The molecule has 1 atom stereocenters. The van der Waals surface area contributed by atoms with Crippen molar-refractivity contribution >= 4 is 0 Å². The lowest BCUT2D eigenvalue weighted by Crippen LogP contribution is -2.06. The molecule has 0 aliphatic heterocycles. The molecule has 0 aromatic carbocycles. The molecule has 1 unspecified atom stereocenters. The molecule has 0 aliphatic rings. The van der Waals surface area contributed by atoms with Gasteiger partial charge in [0, 0.05) is 0 Å². The van der Waals surface area contributed by atoms with E-state index in [9.17, 15) is 0 Å². The zero-order valence-electron chi connectivity index (χ0n) is 10.3. The van der Waals surface area contributed by atoms with Crippen molar-refractivity contribution in [3.8, 4) is 0 Å². The lowest BCUT2D eigenvalue weighted by atomic mass is 10.0. The van der Waals surface area contributed by atoms with E-state index in [2.05, 4.69) is 27.7 Å². The highest BCUT2D eigenvalue weighted by Crippen LogP contribution is 2.13. The van der Waals surface area contributed by atoms with Crippen LogP contribution in [0, 0.1) is 5.92 Å². The van der Waals surface area contributed by atoms with Gasteiger partial charge in [-0.05, 0) is 31.3 Å². The van der Waals surface area contributed by atoms with Crippen molar-refractivity contribution in [3.63, 3.8) is 0 Å². The first-order valence-electron chi connectivity index (χ1n) is 6.01. The van der Waals surface area contributed by atoms with Crippen molar-refractivity contribution in [3.05, 3.63) is 11.8 Å². The standard InChI is InChI=1S/C13H26O/c1-5-8-9-13(7-3)11-14-10-12(4)6-2/h10,13H,5-9,11H2,1-4H3. The van der Waals surface area contributed by atoms with Crippen molar-refractivity contribution in [1.82, 2.24) is 0 Å². The van der Waals surface area contributed by atoms with Crippen LogP contribution in [0.4, 0.5) is 0 Å². The Balaban J connectivity index is 3.61. The van der Waals surface area contributed by atoms with Gasteiger partial charge in [-0.3, -0.25) is 0 Å². The van der Waals surface area contributed by atoms with Gasteiger partial charge in [-0.25, -0.2) is 0 Å². The van der Waals surface area contributed by atoms with Crippen molar-refractivity contribution in [2.24, 2.45) is 5.92 Å². The van der Waals surface area contributed by atoms with Crippen LogP contribution in [0.1, 0.15) is 59.8 Å². The molecule has 0 heterocycles. The molecule has 0 N–H and O–H groups in total. The molecular formula is C13H26O. The fourth-order valence-corrected chi connectivity index (χ4v) is 1.31. The minimum Gasteiger partial charge on any atom is -0.501 e. The fraction of sp³-hybridized carbons (Fsp3) is 0.846. The second-order valence-corrected chi connectivity index (χ2v) is 4.07. The van der Waals surface area contributed by atoms with Gasteiger partial charge in [0.05, 0.1) is 12.9 Å². The topological polar surface area (TPSA) is 9.23 Å². The number of hydrogen-bond acceptors (Lipinski definition) is 1. The van der Waals surface area contributed by atoms with Gasteiger partial charge in [0.1, 0.15) is 0 Å². The van der Waals surface area contributed by atoms with Gasteiger partial charge in [-0.1, -0.05) is 40.0 Å². The monoisotopic (exact) mass is 198 g/mol. The highest BCUT2D eigenvalue weighted by molar-refractivity contribution is 4.91. The van der Waals surface area contributed by atoms with E-state index in [1.165, 1.54) is 31.3 Å². The smallest absolute Gasteiger partial charge is 0.0901 e. The Labute approximate surface area is 89.5 Å². The van der Waals surface area contributed by atoms with Gasteiger partial charge in [0.2, 0.25) is 0 Å². The van der Waals surface area contributed by atoms with Crippen LogP contribution in [0.5, 0.6) is 0 Å². The van der Waals surface area contributed by atoms with Crippen LogP contribution in [-0.2, 0) is 4.74 Å². The van der Waals surface area contributed by atoms with E-state index < -0.39 is 0 Å². The van der Waals surface area contributed by atoms with Gasteiger partial charge in [-0.15, -0.1) is 0 Å². The summed E-state index contributed by atoms with van der Waals surface area (Å²) in [5.74, 6) is 0.746. The lowest BCUT2D eigenvalue weighted by Gasteiger charge is -2.13. The molecule has 1 nitrogen and oxygen atoms in total. The third kappa shape index (κ3) is 6.99. The lowest BCUT2D eigenvalue weighted by molar-refractivity contribution is 0.181. The molecule has 1 heteroatoms. The quantitative estimate of drug-likeness (QED) is 0.520. The Morgan fingerprint density at radius 2 is 2.00 bits per heavy atom. The molecule has 0 amide bonds. The van der Waals surface area contributed by atoms with E-state index in [0.717, 1.165) is 18.9 Å². The van der Waals surface area contributed by atoms with Crippen LogP contribution in [0.2, 0.25) is 0 Å². The Morgan fingerprint density at radius 1 is 1.29 bits per heavy atom. The van der Waals surface area contributed by atoms with E-state index in [1.807, 2.05) is 6.26 Å². The minimum atomic E-state index is 0.746. The Morgan fingerprint density at radius 3 is 2.50 bits per heavy atom. The predicted octanol–water partition coefficient (Wildman–Crippen LogP) is 4.53. The van der Waals surface area contributed by atoms with Gasteiger partial charge in [-0.2, -0.15) is 0 Å². The van der Waals surface area contributed by atoms with Gasteiger partial charge in [0.25, 0.3) is 0 Å². The van der Waals surface area contributed by atoms with E-state index in [1.54, 1.807) is 0 Å². The summed E-state index contributed by atoms with van der Waals surface area (Å²) in [5.41, 5.74) is 1.33. The summed E-state index contributed by atoms with van der Waals surface area (Å²) in [6.45, 7) is 9.67. The van der Waals surface area contributed by atoms with Crippen LogP contribution < -0.4 is 0 Å². The number of unbranched alkanes of at least 4 members (excludes halogenated alkanes) is 1. The van der Waals surface area contributed by atoms with Crippen molar-refractivity contribution in [2.75, 3.05) is 6.61 Å². The predicted molar refractivity (Wildman–Crippen MR) is 63.3 cm³/mol. The zero-order chi connectivity index (χ0) is 10.8. The fourth-order valence-electron chi connectivity index (χ4n) is 1.31. The SMILES string of the molecule is CCCCC(CC)COC=C(C)CC. The summed E-state index contributed by atoms with van der Waals surface area (Å²) < 4.78 is 5.57. The maximum absolute atomic E-state index is 5.57. The maximum atomic E-state index is 5.57. The third-order valence-corrected chi connectivity index (χ3v) is 2.72. The number of hydrogen-bond donors (Lipinski definition) is 0. The molecule has 0 saturated heterocycles. The van der Waals surface area contributed by atoms with Gasteiger partial charge >= 0.3 is 0 Å². The first-order valence-corrected chi connectivity index (χ1v) is 6.01. The second-order valence-electron chi connectivity index (χ2n) is 4.07. The number of ether oxygens (including phenoxy) is 1. The van der Waals surface area contributed by atoms with E-state index >= 15 is 0 Å². The van der Waals surface area contributed by atoms with Crippen LogP contribution in [-0.4, -0.2) is 6.61 Å². The summed E-state index contributed by atoms with van der Waals surface area (Å²) in [6, 6.07) is 0. The van der Waals surface area contributed by atoms with Crippen molar-refractivity contribution < 1.29 is 4.74 Å². The van der Waals surface area contributed by atoms with Crippen molar-refractivity contribution in [1.29, 1.82) is 0 Å². The average molecular weight is 198 g/mol. The van der Waals surface area contributed by atoms with Crippen LogP contribution in [0.3, 0.4) is 0 Å². The molecule has 0 spiro atoms. The van der Waals surface area contributed by atoms with E-state index in [-0.39, 0.29) is 0 Å². The normalized spacial score (nSPS) is 14.1. The Bertz CT molecular complexity index is 149. The molecule has 0 aromatic heterocycles. The molecule has 84 valence electrons. The highest BCUT2D eigenvalue weighted by atomic mass is 16.5. The minimum absolute atomic E-state index is 0.746. The van der Waals surface area contributed by atoms with E-state index in [0.29, 0.717) is 0 Å². The van der Waals surface area contributed by atoms with Crippen LogP contribution in [0.15, 0.2) is 11.8 Å². The van der Waals surface area contributed by atoms with E-state index in [4.69, 9.17) is 4.74 Å². The number of rotatable bonds is 8. The molecule has 0 radical (unpaired) electrons. The molecule has 0 aliphatic carbocycles. The summed E-state index contributed by atoms with van der Waals surface area (Å²) in [7, 11) is 0. The Hall–Kier alpha value is -0.460. The van der Waals surface area contributed by atoms with Crippen molar-refractivity contribution in [2.45, 2.75) is 59.8 Å². The molecule has 0 rings (SSSR count). The molecule has 0 bridgehead atoms. The van der Waals surface area contributed by atoms with Crippen LogP contribution >= 0.6 is 0 Å².